The molecule has 1 aliphatic rings. The molecule has 0 N–H and O–H groups in total. The van der Waals surface area contributed by atoms with Crippen LogP contribution in [-0.2, 0) is 4.79 Å². The number of anilines is 1. The molecule has 1 aromatic heterocycles. The molecule has 0 spiro atoms. The molecule has 1 saturated heterocycles. The van der Waals surface area contributed by atoms with Crippen LogP contribution in [0.3, 0.4) is 0 Å². The monoisotopic (exact) mass is 425 g/mol. The number of nitrogens with zero attached hydrogens (tertiary/aromatic N) is 1. The summed E-state index contributed by atoms with van der Waals surface area (Å²) in [7, 11) is 6.32. The van der Waals surface area contributed by atoms with E-state index in [9.17, 15) is 4.79 Å². The van der Waals surface area contributed by atoms with Gasteiger partial charge < -0.3 is 23.8 Å². The van der Waals surface area contributed by atoms with Gasteiger partial charge in [-0.25, -0.2) is 0 Å². The zero-order valence-corrected chi connectivity index (χ0v) is 18.1. The third kappa shape index (κ3) is 3.25. The van der Waals surface area contributed by atoms with E-state index in [-0.39, 0.29) is 17.9 Å². The van der Waals surface area contributed by atoms with Gasteiger partial charge in [0.1, 0.15) is 5.75 Å². The highest BCUT2D eigenvalue weighted by molar-refractivity contribution is 7.08. The molecule has 3 aromatic rings. The Balaban J connectivity index is 1.80. The van der Waals surface area contributed by atoms with E-state index in [1.54, 1.807) is 56.8 Å². The minimum Gasteiger partial charge on any atom is -0.497 e. The minimum atomic E-state index is -0.247. The Bertz CT molecular complexity index is 1010. The van der Waals surface area contributed by atoms with Crippen LogP contribution in [0.1, 0.15) is 23.1 Å². The Morgan fingerprint density at radius 3 is 2.00 bits per heavy atom. The summed E-state index contributed by atoms with van der Waals surface area (Å²) in [6.45, 7) is 0. The first-order chi connectivity index (χ1) is 14.6. The van der Waals surface area contributed by atoms with Crippen LogP contribution in [-0.4, -0.2) is 34.3 Å². The van der Waals surface area contributed by atoms with Gasteiger partial charge in [-0.15, -0.1) is 0 Å². The molecule has 1 fully saturated rings. The molecule has 1 aliphatic heterocycles. The summed E-state index contributed by atoms with van der Waals surface area (Å²) in [6.07, 6.45) is 0. The van der Waals surface area contributed by atoms with Gasteiger partial charge in [0.05, 0.1) is 46.1 Å². The molecule has 2 unspecified atom stereocenters. The van der Waals surface area contributed by atoms with Gasteiger partial charge in [-0.05, 0) is 40.1 Å². The number of amides is 1. The van der Waals surface area contributed by atoms with Gasteiger partial charge in [-0.3, -0.25) is 4.79 Å². The Kier molecular flexibility index (Phi) is 5.55. The average molecular weight is 426 g/mol. The van der Waals surface area contributed by atoms with Gasteiger partial charge in [-0.2, -0.15) is 11.3 Å². The number of benzene rings is 2. The van der Waals surface area contributed by atoms with Crippen LogP contribution in [0.15, 0.2) is 53.2 Å². The Labute approximate surface area is 179 Å². The maximum atomic E-state index is 13.3. The fraction of sp³-hybridized carbons (Fsp3) is 0.261. The van der Waals surface area contributed by atoms with Gasteiger partial charge in [-0.1, -0.05) is 12.1 Å². The van der Waals surface area contributed by atoms with E-state index < -0.39 is 0 Å². The van der Waals surface area contributed by atoms with E-state index in [4.69, 9.17) is 18.9 Å². The van der Waals surface area contributed by atoms with Crippen molar-refractivity contribution in [3.05, 3.63) is 64.4 Å². The second-order valence-electron chi connectivity index (χ2n) is 6.84. The normalized spacial score (nSPS) is 18.0. The smallest absolute Gasteiger partial charge is 0.237 e. The summed E-state index contributed by atoms with van der Waals surface area (Å²) in [5.74, 6) is 2.06. The van der Waals surface area contributed by atoms with Gasteiger partial charge in [0.15, 0.2) is 11.5 Å². The van der Waals surface area contributed by atoms with Crippen molar-refractivity contribution in [2.75, 3.05) is 33.3 Å². The largest absolute Gasteiger partial charge is 0.497 e. The lowest BCUT2D eigenvalue weighted by atomic mass is 9.78. The third-order valence-electron chi connectivity index (χ3n) is 5.38. The highest BCUT2D eigenvalue weighted by Gasteiger charge is 2.50. The first kappa shape index (κ1) is 20.1. The summed E-state index contributed by atoms with van der Waals surface area (Å²) in [5.41, 5.74) is 2.75. The van der Waals surface area contributed by atoms with Crippen LogP contribution < -0.4 is 23.8 Å². The molecular formula is C23H23NO5S. The molecule has 2 heterocycles. The van der Waals surface area contributed by atoms with Crippen molar-refractivity contribution in [1.82, 2.24) is 0 Å². The molecule has 0 saturated carbocycles. The van der Waals surface area contributed by atoms with E-state index >= 15 is 0 Å². The predicted molar refractivity (Wildman–Crippen MR) is 116 cm³/mol. The first-order valence-electron chi connectivity index (χ1n) is 9.42. The number of hydrogen-bond donors (Lipinski definition) is 0. The van der Waals surface area contributed by atoms with Crippen molar-refractivity contribution < 1.29 is 23.7 Å². The molecule has 1 amide bonds. The molecule has 4 rings (SSSR count). The fourth-order valence-corrected chi connectivity index (χ4v) is 4.60. The molecule has 0 aliphatic carbocycles. The van der Waals surface area contributed by atoms with Crippen molar-refractivity contribution in [3.63, 3.8) is 0 Å². The number of rotatable bonds is 7. The summed E-state index contributed by atoms with van der Waals surface area (Å²) in [5, 5.41) is 4.03. The lowest BCUT2D eigenvalue weighted by molar-refractivity contribution is -0.126. The SMILES string of the molecule is COc1ccc(C2C(c3ccsc3)C(=O)N2c2cc(OC)c(OC)c(OC)c2)cc1. The Morgan fingerprint density at radius 2 is 1.50 bits per heavy atom. The zero-order chi connectivity index (χ0) is 21.3. The van der Waals surface area contributed by atoms with Gasteiger partial charge in [0.25, 0.3) is 0 Å². The van der Waals surface area contributed by atoms with Crippen molar-refractivity contribution in [2.45, 2.75) is 12.0 Å². The molecule has 2 aromatic carbocycles. The number of ether oxygens (including phenoxy) is 4. The van der Waals surface area contributed by atoms with Crippen LogP contribution in [0.5, 0.6) is 23.0 Å². The lowest BCUT2D eigenvalue weighted by Gasteiger charge is -2.47. The molecule has 6 nitrogen and oxygen atoms in total. The van der Waals surface area contributed by atoms with E-state index in [0.29, 0.717) is 22.9 Å². The van der Waals surface area contributed by atoms with E-state index in [0.717, 1.165) is 16.9 Å². The number of hydrogen-bond acceptors (Lipinski definition) is 6. The third-order valence-corrected chi connectivity index (χ3v) is 6.09. The molecule has 30 heavy (non-hydrogen) atoms. The van der Waals surface area contributed by atoms with Crippen molar-refractivity contribution in [1.29, 1.82) is 0 Å². The second kappa shape index (κ2) is 8.28. The minimum absolute atomic E-state index is 0.0310. The maximum Gasteiger partial charge on any atom is 0.237 e. The average Bonchev–Trinajstić information content (AvgIpc) is 3.30. The zero-order valence-electron chi connectivity index (χ0n) is 17.2. The summed E-state index contributed by atoms with van der Waals surface area (Å²) in [4.78, 5) is 15.1. The quantitative estimate of drug-likeness (QED) is 0.516. The predicted octanol–water partition coefficient (Wildman–Crippen LogP) is 4.65. The fourth-order valence-electron chi connectivity index (χ4n) is 3.90. The molecular weight excluding hydrogens is 402 g/mol. The van der Waals surface area contributed by atoms with Crippen LogP contribution in [0.25, 0.3) is 0 Å². The van der Waals surface area contributed by atoms with Crippen LogP contribution in [0, 0.1) is 0 Å². The molecule has 2 atom stereocenters. The van der Waals surface area contributed by atoms with Crippen LogP contribution >= 0.6 is 11.3 Å². The molecule has 0 bridgehead atoms. The Morgan fingerprint density at radius 1 is 0.833 bits per heavy atom. The van der Waals surface area contributed by atoms with E-state index in [1.807, 2.05) is 41.1 Å². The second-order valence-corrected chi connectivity index (χ2v) is 7.62. The highest BCUT2D eigenvalue weighted by Crippen LogP contribution is 2.52. The Hall–Kier alpha value is -3.19. The number of β-lactam (4-membered cyclic amide) rings is 1. The van der Waals surface area contributed by atoms with Gasteiger partial charge >= 0.3 is 0 Å². The van der Waals surface area contributed by atoms with Crippen LogP contribution in [0.2, 0.25) is 0 Å². The molecule has 156 valence electrons. The molecule has 7 heteroatoms. The number of methoxy groups -OCH3 is 4. The topological polar surface area (TPSA) is 57.2 Å². The number of carbonyl (C=O) groups is 1. The van der Waals surface area contributed by atoms with Crippen molar-refractivity contribution in [3.8, 4) is 23.0 Å². The van der Waals surface area contributed by atoms with Crippen molar-refractivity contribution in [2.24, 2.45) is 0 Å². The van der Waals surface area contributed by atoms with E-state index in [1.165, 1.54) is 0 Å². The van der Waals surface area contributed by atoms with Crippen molar-refractivity contribution >= 4 is 22.9 Å². The highest BCUT2D eigenvalue weighted by atomic mass is 32.1. The van der Waals surface area contributed by atoms with Gasteiger partial charge in [0.2, 0.25) is 11.7 Å². The number of carbonyl (C=O) groups excluding carboxylic acids is 1. The van der Waals surface area contributed by atoms with Crippen LogP contribution in [0.4, 0.5) is 5.69 Å². The number of thiophene rings is 1. The maximum absolute atomic E-state index is 13.3. The molecule has 0 radical (unpaired) electrons. The lowest BCUT2D eigenvalue weighted by Crippen LogP contribution is -2.53. The summed E-state index contributed by atoms with van der Waals surface area (Å²) >= 11 is 1.59. The van der Waals surface area contributed by atoms with E-state index in [2.05, 4.69) is 0 Å². The standard InChI is InChI=1S/C23H23NO5S/c1-26-17-7-5-14(6-8-17)21-20(15-9-10-30-13-15)23(25)24(21)16-11-18(27-2)22(29-4)19(12-16)28-3/h5-13,20-21H,1-4H3. The van der Waals surface area contributed by atoms with Gasteiger partial charge in [0, 0.05) is 12.1 Å². The summed E-state index contributed by atoms with van der Waals surface area (Å²) < 4.78 is 21.7. The first-order valence-corrected chi connectivity index (χ1v) is 10.4. The summed E-state index contributed by atoms with van der Waals surface area (Å²) in [6, 6.07) is 13.3.